The summed E-state index contributed by atoms with van der Waals surface area (Å²) in [6, 6.07) is 11.0. The van der Waals surface area contributed by atoms with E-state index in [0.717, 1.165) is 0 Å². The van der Waals surface area contributed by atoms with E-state index >= 15 is 0 Å². The number of carbonyl (C=O) groups is 5. The molecule has 11 heteroatoms. The zero-order valence-electron chi connectivity index (χ0n) is 19.7. The molecule has 0 aliphatic heterocycles. The van der Waals surface area contributed by atoms with Gasteiger partial charge in [-0.25, -0.2) is 9.59 Å². The molecule has 0 spiro atoms. The van der Waals surface area contributed by atoms with Crippen LogP contribution < -0.4 is 15.6 Å². The molecule has 0 fully saturated rings. The maximum Gasteiger partial charge on any atom is 0.435 e. The summed E-state index contributed by atoms with van der Waals surface area (Å²) in [6.45, 7) is 3.31. The van der Waals surface area contributed by atoms with Gasteiger partial charge in [0, 0.05) is 23.1 Å². The first-order valence-corrected chi connectivity index (χ1v) is 10.9. The van der Waals surface area contributed by atoms with E-state index in [4.69, 9.17) is 15.2 Å². The van der Waals surface area contributed by atoms with Gasteiger partial charge in [-0.15, -0.1) is 0 Å². The van der Waals surface area contributed by atoms with Crippen LogP contribution in [0.4, 0.5) is 4.79 Å². The topological polar surface area (TPSA) is 174 Å². The monoisotopic (exact) mass is 497 g/mol. The van der Waals surface area contributed by atoms with Crippen molar-refractivity contribution in [3.63, 3.8) is 0 Å². The number of benzene rings is 2. The average molecular weight is 497 g/mol. The van der Waals surface area contributed by atoms with Gasteiger partial charge in [-0.2, -0.15) is 4.99 Å². The lowest BCUT2D eigenvalue weighted by molar-refractivity contribution is -0.309. The number of carboxylic acid groups (broad SMARTS) is 1. The number of ketones is 2. The summed E-state index contributed by atoms with van der Waals surface area (Å²) in [5, 5.41) is 11.7. The number of carboxylic acids is 1. The largest absolute Gasteiger partial charge is 0.549 e. The molecule has 1 unspecified atom stereocenters. The highest BCUT2D eigenvalue weighted by atomic mass is 16.6. The molecule has 0 aliphatic carbocycles. The van der Waals surface area contributed by atoms with E-state index in [-0.39, 0.29) is 36.8 Å². The lowest BCUT2D eigenvalue weighted by Gasteiger charge is -2.16. The van der Waals surface area contributed by atoms with Crippen LogP contribution in [0.2, 0.25) is 0 Å². The van der Waals surface area contributed by atoms with Crippen molar-refractivity contribution >= 4 is 35.4 Å². The fourth-order valence-electron chi connectivity index (χ4n) is 2.99. The van der Waals surface area contributed by atoms with Gasteiger partial charge < -0.3 is 29.8 Å². The van der Waals surface area contributed by atoms with E-state index in [1.54, 1.807) is 13.8 Å². The van der Waals surface area contributed by atoms with Gasteiger partial charge in [0.1, 0.15) is 11.6 Å². The van der Waals surface area contributed by atoms with Crippen molar-refractivity contribution in [2.45, 2.75) is 20.3 Å². The summed E-state index contributed by atoms with van der Waals surface area (Å²) in [7, 11) is 0. The number of aliphatic imine (C=N–C) groups is 1. The smallest absolute Gasteiger partial charge is 0.435 e. The average Bonchev–Trinajstić information content (AvgIpc) is 2.86. The number of ether oxygens (including phenoxy) is 3. The molecule has 0 radical (unpaired) electrons. The molecule has 36 heavy (non-hydrogen) atoms. The highest BCUT2D eigenvalue weighted by molar-refractivity contribution is 6.12. The van der Waals surface area contributed by atoms with Gasteiger partial charge in [0.25, 0.3) is 0 Å². The van der Waals surface area contributed by atoms with E-state index in [1.807, 2.05) is 0 Å². The maximum atomic E-state index is 12.8. The van der Waals surface area contributed by atoms with Crippen molar-refractivity contribution in [2.75, 3.05) is 19.8 Å². The van der Waals surface area contributed by atoms with Crippen LogP contribution in [0, 0.1) is 5.92 Å². The summed E-state index contributed by atoms with van der Waals surface area (Å²) in [5.41, 5.74) is 6.20. The Morgan fingerprint density at radius 3 is 1.97 bits per heavy atom. The zero-order chi connectivity index (χ0) is 26.7. The minimum atomic E-state index is -1.73. The molecule has 2 aromatic carbocycles. The fraction of sp³-hybridized carbons (Fsp3) is 0.280. The van der Waals surface area contributed by atoms with Crippen molar-refractivity contribution < 1.29 is 43.3 Å². The van der Waals surface area contributed by atoms with Crippen molar-refractivity contribution in [1.82, 2.24) is 0 Å². The van der Waals surface area contributed by atoms with Crippen LogP contribution >= 0.6 is 0 Å². The van der Waals surface area contributed by atoms with Gasteiger partial charge in [0.05, 0.1) is 25.1 Å². The van der Waals surface area contributed by atoms with Crippen molar-refractivity contribution in [3.8, 4) is 5.75 Å². The van der Waals surface area contributed by atoms with Gasteiger partial charge >= 0.3 is 12.1 Å². The number of hydrogen-bond donors (Lipinski definition) is 1. The molecule has 1 amide bonds. The number of Topliss-reactive ketones (excluding diaryl/α,β-unsaturated/α-hetero) is 2. The number of nitrogens with two attached hydrogens (primary N) is 1. The van der Waals surface area contributed by atoms with Gasteiger partial charge in [0.2, 0.25) is 0 Å². The molecular weight excluding hydrogens is 472 g/mol. The van der Waals surface area contributed by atoms with Gasteiger partial charge in [-0.3, -0.25) is 9.59 Å². The second-order valence-electron chi connectivity index (χ2n) is 7.25. The third-order valence-electron chi connectivity index (χ3n) is 4.77. The van der Waals surface area contributed by atoms with Crippen molar-refractivity contribution in [1.29, 1.82) is 0 Å². The molecule has 0 saturated heterocycles. The molecule has 2 rings (SSSR count). The van der Waals surface area contributed by atoms with Crippen LogP contribution in [0.5, 0.6) is 5.75 Å². The molecule has 0 heterocycles. The lowest BCUT2D eigenvalue weighted by atomic mass is 9.90. The predicted octanol–water partition coefficient (Wildman–Crippen LogP) is 1.31. The third kappa shape index (κ3) is 8.05. The highest BCUT2D eigenvalue weighted by Gasteiger charge is 2.25. The molecule has 0 aliphatic rings. The summed E-state index contributed by atoms with van der Waals surface area (Å²) in [6.07, 6.45) is -1.50. The molecule has 0 saturated carbocycles. The van der Waals surface area contributed by atoms with Crippen LogP contribution in [0.15, 0.2) is 53.5 Å². The Morgan fingerprint density at radius 2 is 1.42 bits per heavy atom. The van der Waals surface area contributed by atoms with E-state index in [0.29, 0.717) is 11.3 Å². The molecular formula is C25H25N2O9-. The first kappa shape index (κ1) is 27.7. The van der Waals surface area contributed by atoms with E-state index < -0.39 is 41.9 Å². The third-order valence-corrected chi connectivity index (χ3v) is 4.77. The number of esters is 1. The minimum absolute atomic E-state index is 0.00685. The lowest BCUT2D eigenvalue weighted by Crippen LogP contribution is -2.37. The molecule has 0 aromatic heterocycles. The number of nitrogens with zero attached hydrogens (tertiary/aromatic N) is 1. The molecule has 0 bridgehead atoms. The molecule has 2 aromatic rings. The summed E-state index contributed by atoms with van der Waals surface area (Å²) < 4.78 is 14.7. The normalized spacial score (nSPS) is 11.8. The number of rotatable bonds is 12. The summed E-state index contributed by atoms with van der Waals surface area (Å²) in [5.74, 6) is -5.24. The predicted molar refractivity (Wildman–Crippen MR) is 125 cm³/mol. The van der Waals surface area contributed by atoms with Crippen molar-refractivity contribution in [2.24, 2.45) is 16.6 Å². The number of hydrogen-bond acceptors (Lipinski definition) is 9. The van der Waals surface area contributed by atoms with Crippen LogP contribution in [0.1, 0.15) is 46.5 Å². The summed E-state index contributed by atoms with van der Waals surface area (Å²) >= 11 is 0. The molecule has 11 nitrogen and oxygen atoms in total. The number of amides is 1. The first-order valence-electron chi connectivity index (χ1n) is 10.9. The van der Waals surface area contributed by atoms with Gasteiger partial charge in [-0.1, -0.05) is 24.3 Å². The van der Waals surface area contributed by atoms with Crippen LogP contribution in [0.3, 0.4) is 0 Å². The molecule has 1 atom stereocenters. The SMILES string of the molecule is CCOC(=O)COc1ccc(C(=O)CC(C(=O)[O-])C(=O)c2ccc(/C(N)=N\C(=O)OCC)cc2)cc1. The van der Waals surface area contributed by atoms with E-state index in [9.17, 15) is 29.1 Å². The quantitative estimate of drug-likeness (QED) is 0.148. The fourth-order valence-corrected chi connectivity index (χ4v) is 2.99. The Morgan fingerprint density at radius 1 is 0.861 bits per heavy atom. The number of amidine groups is 1. The standard InChI is InChI=1S/C25H26N2O9/c1-3-34-21(29)14-36-18-11-9-15(10-12-18)20(28)13-19(24(31)32)22(30)16-5-7-17(8-6-16)23(26)27-25(33)35-4-2/h5-12,19H,3-4,13-14H2,1-2H3,(H,31,32)(H2,26,27,33)/p-1. The van der Waals surface area contributed by atoms with Crippen molar-refractivity contribution in [3.05, 3.63) is 65.2 Å². The Bertz CT molecular complexity index is 1140. The van der Waals surface area contributed by atoms with Gasteiger partial charge in [-0.05, 0) is 38.1 Å². The van der Waals surface area contributed by atoms with E-state index in [2.05, 4.69) is 9.73 Å². The Kier molecular flexibility index (Phi) is 10.3. The maximum absolute atomic E-state index is 12.8. The Labute approximate surface area is 206 Å². The second kappa shape index (κ2) is 13.4. The summed E-state index contributed by atoms with van der Waals surface area (Å²) in [4.78, 5) is 63.4. The van der Waals surface area contributed by atoms with Crippen LogP contribution in [-0.2, 0) is 19.1 Å². The van der Waals surface area contributed by atoms with E-state index in [1.165, 1.54) is 48.5 Å². The molecule has 2 N–H and O–H groups in total. The number of carbonyl (C=O) groups excluding carboxylic acids is 5. The zero-order valence-corrected chi connectivity index (χ0v) is 19.7. The first-order chi connectivity index (χ1) is 17.2. The Hall–Kier alpha value is -4.54. The van der Waals surface area contributed by atoms with Crippen LogP contribution in [-0.4, -0.2) is 55.3 Å². The Balaban J connectivity index is 2.07. The second-order valence-corrected chi connectivity index (χ2v) is 7.25. The molecule has 190 valence electrons. The van der Waals surface area contributed by atoms with Gasteiger partial charge in [0.15, 0.2) is 18.2 Å². The minimum Gasteiger partial charge on any atom is -0.549 e. The van der Waals surface area contributed by atoms with Crippen LogP contribution in [0.25, 0.3) is 0 Å². The number of aliphatic carboxylic acids is 1. The highest BCUT2D eigenvalue weighted by Crippen LogP contribution is 2.19.